The molecule has 0 radical (unpaired) electrons. The number of hydrogen-bond donors (Lipinski definition) is 0. The highest BCUT2D eigenvalue weighted by Gasteiger charge is 2.31. The Bertz CT molecular complexity index is 649. The van der Waals surface area contributed by atoms with Gasteiger partial charge >= 0.3 is 0 Å². The lowest BCUT2D eigenvalue weighted by atomic mass is 10.0. The van der Waals surface area contributed by atoms with Crippen molar-refractivity contribution in [2.75, 3.05) is 19.8 Å². The summed E-state index contributed by atoms with van der Waals surface area (Å²) in [5.74, 6) is 0.603. The van der Waals surface area contributed by atoms with Crippen LogP contribution >= 0.6 is 0 Å². The number of amides is 1. The molecular formula is C17H21N3O3. The monoisotopic (exact) mass is 315 g/mol. The molecule has 0 saturated carbocycles. The Morgan fingerprint density at radius 1 is 1.30 bits per heavy atom. The fourth-order valence-electron chi connectivity index (χ4n) is 3.05. The van der Waals surface area contributed by atoms with Gasteiger partial charge < -0.3 is 14.2 Å². The van der Waals surface area contributed by atoms with E-state index in [1.807, 2.05) is 0 Å². The second-order valence-electron chi connectivity index (χ2n) is 5.96. The summed E-state index contributed by atoms with van der Waals surface area (Å²) in [5, 5.41) is 3.85. The largest absolute Gasteiger partial charge is 0.377 e. The highest BCUT2D eigenvalue weighted by Crippen LogP contribution is 2.22. The van der Waals surface area contributed by atoms with Gasteiger partial charge in [-0.3, -0.25) is 4.79 Å². The maximum Gasteiger partial charge on any atom is 0.223 e. The van der Waals surface area contributed by atoms with E-state index in [0.717, 1.165) is 6.42 Å². The van der Waals surface area contributed by atoms with Crippen LogP contribution in [-0.4, -0.2) is 40.7 Å². The number of benzene rings is 1. The summed E-state index contributed by atoms with van der Waals surface area (Å²) >= 11 is 0. The molecule has 0 unspecified atom stereocenters. The van der Waals surface area contributed by atoms with Gasteiger partial charge in [-0.05, 0) is 25.8 Å². The summed E-state index contributed by atoms with van der Waals surface area (Å²) in [6, 6.07) is 6.15. The summed E-state index contributed by atoms with van der Waals surface area (Å²) in [6.07, 6.45) is 2.48. The van der Waals surface area contributed by atoms with Gasteiger partial charge in [0.15, 0.2) is 5.82 Å². The number of carbonyl (C=O) groups excluding carboxylic acids is 1. The number of ether oxygens (including phenoxy) is 1. The Morgan fingerprint density at radius 3 is 2.78 bits per heavy atom. The molecule has 1 aromatic carbocycles. The predicted molar refractivity (Wildman–Crippen MR) is 83.8 cm³/mol. The topological polar surface area (TPSA) is 68.5 Å². The number of rotatable bonds is 4. The van der Waals surface area contributed by atoms with Crippen molar-refractivity contribution in [3.63, 3.8) is 0 Å². The first-order valence-corrected chi connectivity index (χ1v) is 7.84. The molecule has 0 spiro atoms. The van der Waals surface area contributed by atoms with Gasteiger partial charge in [0.2, 0.25) is 12.3 Å². The average Bonchev–Trinajstić information content (AvgIpc) is 3.06. The van der Waals surface area contributed by atoms with Gasteiger partial charge in [-0.1, -0.05) is 34.5 Å². The molecule has 1 saturated heterocycles. The van der Waals surface area contributed by atoms with Crippen LogP contribution in [0, 0.1) is 13.8 Å². The van der Waals surface area contributed by atoms with E-state index in [4.69, 9.17) is 9.26 Å². The maximum atomic E-state index is 12.6. The Hall–Kier alpha value is -2.21. The van der Waals surface area contributed by atoms with E-state index < -0.39 is 0 Å². The minimum Gasteiger partial charge on any atom is -0.377 e. The van der Waals surface area contributed by atoms with E-state index >= 15 is 0 Å². The van der Waals surface area contributed by atoms with Crippen LogP contribution in [0.3, 0.4) is 0 Å². The van der Waals surface area contributed by atoms with E-state index in [2.05, 4.69) is 42.2 Å². The molecular weight excluding hydrogens is 294 g/mol. The van der Waals surface area contributed by atoms with Gasteiger partial charge in [0, 0.05) is 13.0 Å². The van der Waals surface area contributed by atoms with Crippen molar-refractivity contribution < 1.29 is 14.1 Å². The first-order valence-electron chi connectivity index (χ1n) is 7.84. The van der Waals surface area contributed by atoms with Crippen molar-refractivity contribution in [3.05, 3.63) is 47.1 Å². The average molecular weight is 315 g/mol. The summed E-state index contributed by atoms with van der Waals surface area (Å²) in [7, 11) is 0. The summed E-state index contributed by atoms with van der Waals surface area (Å²) in [5.41, 5.74) is 3.65. The second kappa shape index (κ2) is 6.91. The number of aryl methyl sites for hydroxylation is 3. The summed E-state index contributed by atoms with van der Waals surface area (Å²) in [4.78, 5) is 18.5. The van der Waals surface area contributed by atoms with Crippen LogP contribution in [0.1, 0.15) is 35.0 Å². The highest BCUT2D eigenvalue weighted by atomic mass is 16.5. The molecule has 1 aromatic heterocycles. The third kappa shape index (κ3) is 3.76. The number of carbonyl (C=O) groups is 1. The van der Waals surface area contributed by atoms with Crippen LogP contribution in [0.2, 0.25) is 0 Å². The van der Waals surface area contributed by atoms with E-state index in [0.29, 0.717) is 32.0 Å². The third-order valence-electron chi connectivity index (χ3n) is 4.03. The van der Waals surface area contributed by atoms with Crippen LogP contribution in [-0.2, 0) is 16.0 Å². The van der Waals surface area contributed by atoms with Crippen molar-refractivity contribution in [2.24, 2.45) is 0 Å². The zero-order valence-electron chi connectivity index (χ0n) is 13.5. The Balaban J connectivity index is 1.66. The van der Waals surface area contributed by atoms with Crippen LogP contribution in [0.25, 0.3) is 0 Å². The molecule has 1 aliphatic heterocycles. The molecule has 0 aliphatic carbocycles. The zero-order valence-corrected chi connectivity index (χ0v) is 13.5. The Kier molecular flexibility index (Phi) is 4.71. The fraction of sp³-hybridized carbons (Fsp3) is 0.471. The van der Waals surface area contributed by atoms with E-state index in [1.54, 1.807) is 4.90 Å². The third-order valence-corrected chi connectivity index (χ3v) is 4.03. The minimum absolute atomic E-state index is 0.0993. The molecule has 0 bridgehead atoms. The standard InChI is InChI=1S/C17H21N3O3/c1-12-7-13(2)9-14(8-12)3-4-16(21)20-5-6-22-10-15(20)17-18-11-23-19-17/h7-9,11,15H,3-6,10H2,1-2H3/t15-/m0/s1. The number of morpholine rings is 1. The molecule has 1 fully saturated rings. The van der Waals surface area contributed by atoms with Gasteiger partial charge in [-0.2, -0.15) is 4.98 Å². The molecule has 6 heteroatoms. The molecule has 2 aromatic rings. The van der Waals surface area contributed by atoms with Crippen molar-refractivity contribution in [3.8, 4) is 0 Å². The lowest BCUT2D eigenvalue weighted by molar-refractivity contribution is -0.140. The Morgan fingerprint density at radius 2 is 2.09 bits per heavy atom. The molecule has 1 aliphatic rings. The number of nitrogens with zero attached hydrogens (tertiary/aromatic N) is 3. The lowest BCUT2D eigenvalue weighted by Crippen LogP contribution is -2.43. The van der Waals surface area contributed by atoms with Crippen molar-refractivity contribution in [2.45, 2.75) is 32.7 Å². The summed E-state index contributed by atoms with van der Waals surface area (Å²) in [6.45, 7) is 5.67. The Labute approximate surface area is 135 Å². The van der Waals surface area contributed by atoms with E-state index in [-0.39, 0.29) is 11.9 Å². The highest BCUT2D eigenvalue weighted by molar-refractivity contribution is 5.77. The van der Waals surface area contributed by atoms with Crippen LogP contribution in [0.15, 0.2) is 29.1 Å². The van der Waals surface area contributed by atoms with Gasteiger partial charge in [0.1, 0.15) is 6.04 Å². The zero-order chi connectivity index (χ0) is 16.2. The van der Waals surface area contributed by atoms with Crippen molar-refractivity contribution in [1.29, 1.82) is 0 Å². The predicted octanol–water partition coefficient (Wildman–Crippen LogP) is 2.22. The van der Waals surface area contributed by atoms with Gasteiger partial charge in [0.05, 0.1) is 13.2 Å². The molecule has 6 nitrogen and oxygen atoms in total. The molecule has 23 heavy (non-hydrogen) atoms. The molecule has 0 N–H and O–H groups in total. The van der Waals surface area contributed by atoms with Crippen LogP contribution in [0.5, 0.6) is 0 Å². The first kappa shape index (κ1) is 15.7. The number of aromatic nitrogens is 2. The van der Waals surface area contributed by atoms with E-state index in [9.17, 15) is 4.79 Å². The maximum absolute atomic E-state index is 12.6. The van der Waals surface area contributed by atoms with Crippen LogP contribution in [0.4, 0.5) is 0 Å². The molecule has 1 atom stereocenters. The van der Waals surface area contributed by atoms with Gasteiger partial charge in [-0.15, -0.1) is 0 Å². The first-order chi connectivity index (χ1) is 11.1. The van der Waals surface area contributed by atoms with Crippen molar-refractivity contribution in [1.82, 2.24) is 15.0 Å². The molecule has 2 heterocycles. The SMILES string of the molecule is Cc1cc(C)cc(CCC(=O)N2CCOC[C@H]2c2ncon2)c1. The normalized spacial score (nSPS) is 18.2. The van der Waals surface area contributed by atoms with Gasteiger partial charge in [0.25, 0.3) is 0 Å². The molecule has 3 rings (SSSR count). The van der Waals surface area contributed by atoms with Gasteiger partial charge in [-0.25, -0.2) is 0 Å². The lowest BCUT2D eigenvalue weighted by Gasteiger charge is -2.33. The number of hydrogen-bond acceptors (Lipinski definition) is 5. The quantitative estimate of drug-likeness (QED) is 0.865. The second-order valence-corrected chi connectivity index (χ2v) is 5.96. The minimum atomic E-state index is -0.255. The fourth-order valence-corrected chi connectivity index (χ4v) is 3.05. The summed E-state index contributed by atoms with van der Waals surface area (Å²) < 4.78 is 10.3. The molecule has 122 valence electrons. The van der Waals surface area contributed by atoms with E-state index in [1.165, 1.54) is 23.1 Å². The smallest absolute Gasteiger partial charge is 0.223 e. The molecule has 1 amide bonds. The van der Waals surface area contributed by atoms with Crippen LogP contribution < -0.4 is 0 Å². The van der Waals surface area contributed by atoms with Crippen molar-refractivity contribution >= 4 is 5.91 Å².